The second kappa shape index (κ2) is 6.04. The molecule has 0 aliphatic carbocycles. The second-order valence-electron chi connectivity index (χ2n) is 5.29. The van der Waals surface area contributed by atoms with Crippen LogP contribution < -0.4 is 11.1 Å². The first kappa shape index (κ1) is 15.0. The van der Waals surface area contributed by atoms with Gasteiger partial charge in [-0.15, -0.1) is 0 Å². The number of carbonyl (C=O) groups excluding carboxylic acids is 1. The third-order valence-corrected chi connectivity index (χ3v) is 3.46. The predicted octanol–water partition coefficient (Wildman–Crippen LogP) is 1.43. The van der Waals surface area contributed by atoms with Crippen molar-refractivity contribution in [3.8, 4) is 0 Å². The maximum atomic E-state index is 12.0. The van der Waals surface area contributed by atoms with Crippen LogP contribution in [0.25, 0.3) is 11.1 Å². The van der Waals surface area contributed by atoms with Gasteiger partial charge in [0.2, 0.25) is 0 Å². The summed E-state index contributed by atoms with van der Waals surface area (Å²) in [7, 11) is 0. The number of rotatable bonds is 4. The van der Waals surface area contributed by atoms with Gasteiger partial charge >= 0.3 is 5.76 Å². The fraction of sp³-hybridized carbons (Fsp3) is 0.250. The number of hydrogen-bond donors (Lipinski definition) is 1. The van der Waals surface area contributed by atoms with Crippen LogP contribution in [0.1, 0.15) is 21.7 Å². The molecule has 7 heteroatoms. The highest BCUT2D eigenvalue weighted by Crippen LogP contribution is 2.14. The third-order valence-electron chi connectivity index (χ3n) is 3.46. The molecule has 118 valence electrons. The minimum absolute atomic E-state index is 0.246. The summed E-state index contributed by atoms with van der Waals surface area (Å²) in [6, 6.07) is 5.56. The first-order chi connectivity index (χ1) is 11.0. The van der Waals surface area contributed by atoms with Crippen LogP contribution >= 0.6 is 0 Å². The molecule has 0 radical (unpaired) electrons. The van der Waals surface area contributed by atoms with Crippen LogP contribution in [0.2, 0.25) is 0 Å². The fourth-order valence-electron chi connectivity index (χ4n) is 2.27. The summed E-state index contributed by atoms with van der Waals surface area (Å²) in [4.78, 5) is 31.9. The monoisotopic (exact) mass is 312 g/mol. The summed E-state index contributed by atoms with van der Waals surface area (Å²) < 4.78 is 6.70. The number of nitrogens with zero attached hydrogens (tertiary/aromatic N) is 3. The first-order valence-corrected chi connectivity index (χ1v) is 7.21. The molecule has 0 aliphatic rings. The van der Waals surface area contributed by atoms with Crippen LogP contribution in [0.5, 0.6) is 0 Å². The summed E-state index contributed by atoms with van der Waals surface area (Å²) in [5.41, 5.74) is 3.27. The summed E-state index contributed by atoms with van der Waals surface area (Å²) in [5.74, 6) is -0.760. The molecule has 0 saturated heterocycles. The number of oxazole rings is 1. The quantitative estimate of drug-likeness (QED) is 0.787. The van der Waals surface area contributed by atoms with Gasteiger partial charge in [0.05, 0.1) is 17.4 Å². The molecule has 0 saturated carbocycles. The minimum atomic E-state index is -0.435. The zero-order valence-corrected chi connectivity index (χ0v) is 12.9. The first-order valence-electron chi connectivity index (χ1n) is 7.21. The largest absolute Gasteiger partial charge is 0.420 e. The van der Waals surface area contributed by atoms with Gasteiger partial charge in [0.25, 0.3) is 5.91 Å². The van der Waals surface area contributed by atoms with E-state index in [1.54, 1.807) is 6.92 Å². The summed E-state index contributed by atoms with van der Waals surface area (Å²) in [5, 5.41) is 2.72. The van der Waals surface area contributed by atoms with Crippen molar-refractivity contribution in [1.82, 2.24) is 19.9 Å². The molecule has 1 aromatic carbocycles. The van der Waals surface area contributed by atoms with Gasteiger partial charge < -0.3 is 9.73 Å². The van der Waals surface area contributed by atoms with E-state index in [2.05, 4.69) is 15.3 Å². The Morgan fingerprint density at radius 3 is 2.83 bits per heavy atom. The number of amides is 1. The van der Waals surface area contributed by atoms with Gasteiger partial charge in [0.1, 0.15) is 5.69 Å². The standard InChI is InChI=1S/C16H16N4O3/c1-10-3-4-13-14(7-10)23-16(22)20(13)6-5-17-15(21)12-9-18-11(2)8-19-12/h3-4,7-9H,5-6H2,1-2H3,(H,17,21). The Morgan fingerprint density at radius 2 is 2.09 bits per heavy atom. The van der Waals surface area contributed by atoms with Gasteiger partial charge in [-0.2, -0.15) is 0 Å². The van der Waals surface area contributed by atoms with Gasteiger partial charge in [-0.05, 0) is 31.5 Å². The van der Waals surface area contributed by atoms with E-state index in [0.29, 0.717) is 17.6 Å². The van der Waals surface area contributed by atoms with Gasteiger partial charge in [-0.3, -0.25) is 14.3 Å². The summed E-state index contributed by atoms with van der Waals surface area (Å²) >= 11 is 0. The second-order valence-corrected chi connectivity index (χ2v) is 5.29. The number of hydrogen-bond acceptors (Lipinski definition) is 5. The molecule has 2 heterocycles. The molecule has 0 bridgehead atoms. The van der Waals surface area contributed by atoms with Crippen LogP contribution in [0.15, 0.2) is 39.8 Å². The molecule has 2 aromatic heterocycles. The molecule has 3 rings (SSSR count). The third kappa shape index (κ3) is 3.13. The Kier molecular flexibility index (Phi) is 3.92. The Bertz CT molecular complexity index is 909. The normalized spacial score (nSPS) is 10.9. The van der Waals surface area contributed by atoms with Gasteiger partial charge in [0, 0.05) is 19.3 Å². The summed E-state index contributed by atoms with van der Waals surface area (Å²) in [6.07, 6.45) is 2.96. The molecule has 7 nitrogen and oxygen atoms in total. The van der Waals surface area contributed by atoms with Crippen molar-refractivity contribution in [2.75, 3.05) is 6.54 Å². The topological polar surface area (TPSA) is 90.0 Å². The van der Waals surface area contributed by atoms with Crippen molar-refractivity contribution in [3.05, 3.63) is 58.1 Å². The number of carbonyl (C=O) groups is 1. The van der Waals surface area contributed by atoms with Crippen molar-refractivity contribution >= 4 is 17.0 Å². The molecule has 23 heavy (non-hydrogen) atoms. The van der Waals surface area contributed by atoms with E-state index in [9.17, 15) is 9.59 Å². The SMILES string of the molecule is Cc1ccc2c(c1)oc(=O)n2CCNC(=O)c1cnc(C)cn1. The zero-order chi connectivity index (χ0) is 16.4. The molecule has 0 spiro atoms. The van der Waals surface area contributed by atoms with E-state index in [-0.39, 0.29) is 18.1 Å². The maximum Gasteiger partial charge on any atom is 0.420 e. The molecule has 3 aromatic rings. The zero-order valence-electron chi connectivity index (χ0n) is 12.9. The van der Waals surface area contributed by atoms with Crippen LogP contribution in [0, 0.1) is 13.8 Å². The molecule has 0 fully saturated rings. The van der Waals surface area contributed by atoms with Crippen molar-refractivity contribution < 1.29 is 9.21 Å². The van der Waals surface area contributed by atoms with E-state index in [1.807, 2.05) is 25.1 Å². The molecular formula is C16H16N4O3. The smallest absolute Gasteiger partial charge is 0.408 e. The Hall–Kier alpha value is -2.96. The van der Waals surface area contributed by atoms with Gasteiger partial charge in [0.15, 0.2) is 5.58 Å². The highest BCUT2D eigenvalue weighted by molar-refractivity contribution is 5.91. The molecule has 0 aliphatic heterocycles. The lowest BCUT2D eigenvalue weighted by Gasteiger charge is -2.05. The Labute approximate surface area is 132 Å². The van der Waals surface area contributed by atoms with Crippen LogP contribution in [-0.4, -0.2) is 27.0 Å². The van der Waals surface area contributed by atoms with E-state index in [1.165, 1.54) is 17.0 Å². The lowest BCUT2D eigenvalue weighted by molar-refractivity contribution is 0.0946. The molecule has 0 unspecified atom stereocenters. The number of benzene rings is 1. The number of nitrogens with one attached hydrogen (secondary N) is 1. The molecule has 0 atom stereocenters. The molecule has 1 N–H and O–H groups in total. The Balaban J connectivity index is 1.69. The predicted molar refractivity (Wildman–Crippen MR) is 84.3 cm³/mol. The number of aryl methyl sites for hydroxylation is 2. The highest BCUT2D eigenvalue weighted by Gasteiger charge is 2.11. The van der Waals surface area contributed by atoms with Crippen molar-refractivity contribution in [2.45, 2.75) is 20.4 Å². The minimum Gasteiger partial charge on any atom is -0.408 e. The van der Waals surface area contributed by atoms with Crippen LogP contribution in [0.4, 0.5) is 0 Å². The van der Waals surface area contributed by atoms with E-state index in [4.69, 9.17) is 4.42 Å². The summed E-state index contributed by atoms with van der Waals surface area (Å²) in [6.45, 7) is 4.34. The van der Waals surface area contributed by atoms with E-state index in [0.717, 1.165) is 11.3 Å². The number of fused-ring (bicyclic) bond motifs is 1. The van der Waals surface area contributed by atoms with Crippen molar-refractivity contribution in [3.63, 3.8) is 0 Å². The maximum absolute atomic E-state index is 12.0. The molecule has 1 amide bonds. The highest BCUT2D eigenvalue weighted by atomic mass is 16.4. The van der Waals surface area contributed by atoms with Crippen LogP contribution in [0.3, 0.4) is 0 Å². The van der Waals surface area contributed by atoms with E-state index >= 15 is 0 Å². The average molecular weight is 312 g/mol. The van der Waals surface area contributed by atoms with Gasteiger partial charge in [-0.25, -0.2) is 9.78 Å². The lowest BCUT2D eigenvalue weighted by Crippen LogP contribution is -2.30. The Morgan fingerprint density at radius 1 is 1.26 bits per heavy atom. The molecular weight excluding hydrogens is 296 g/mol. The fourth-order valence-corrected chi connectivity index (χ4v) is 2.27. The van der Waals surface area contributed by atoms with Gasteiger partial charge in [-0.1, -0.05) is 6.07 Å². The average Bonchev–Trinajstić information content (AvgIpc) is 2.83. The van der Waals surface area contributed by atoms with Crippen LogP contribution in [-0.2, 0) is 6.54 Å². The lowest BCUT2D eigenvalue weighted by atomic mass is 10.2. The number of aromatic nitrogens is 3. The van der Waals surface area contributed by atoms with Crippen molar-refractivity contribution in [2.24, 2.45) is 0 Å². The van der Waals surface area contributed by atoms with Crippen molar-refractivity contribution in [1.29, 1.82) is 0 Å². The van der Waals surface area contributed by atoms with E-state index < -0.39 is 5.76 Å².